The summed E-state index contributed by atoms with van der Waals surface area (Å²) in [6, 6.07) is 5.11. The van der Waals surface area contributed by atoms with E-state index in [1.165, 1.54) is 11.9 Å². The number of alkyl halides is 3. The number of anilines is 1. The lowest BCUT2D eigenvalue weighted by Crippen LogP contribution is -2.39. The summed E-state index contributed by atoms with van der Waals surface area (Å²) >= 11 is 0. The van der Waals surface area contributed by atoms with Gasteiger partial charge in [0.2, 0.25) is 5.91 Å². The monoisotopic (exact) mass is 485 g/mol. The van der Waals surface area contributed by atoms with Crippen molar-refractivity contribution in [2.75, 3.05) is 31.6 Å². The Morgan fingerprint density at radius 2 is 1.91 bits per heavy atom. The van der Waals surface area contributed by atoms with Crippen LogP contribution in [-0.4, -0.2) is 67.5 Å². The molecule has 1 aromatic rings. The maximum Gasteiger partial charge on any atom is 0.491 e. The Bertz CT molecular complexity index is 967. The SMILES string of the molecule is CN1C(=O)CN(CCC(=O)OC(=O)C(F)(F)F)C(=O)c2cc(CCCCCNC(=N)N)ccc21. The number of esters is 2. The van der Waals surface area contributed by atoms with Crippen molar-refractivity contribution in [3.05, 3.63) is 29.3 Å². The van der Waals surface area contributed by atoms with Crippen LogP contribution in [0.2, 0.25) is 0 Å². The van der Waals surface area contributed by atoms with Crippen LogP contribution in [0.1, 0.15) is 41.6 Å². The second-order valence-electron chi connectivity index (χ2n) is 7.69. The molecular formula is C21H26F3N5O5. The number of guanidine groups is 1. The van der Waals surface area contributed by atoms with E-state index >= 15 is 0 Å². The summed E-state index contributed by atoms with van der Waals surface area (Å²) in [5.41, 5.74) is 6.67. The highest BCUT2D eigenvalue weighted by Gasteiger charge is 2.42. The summed E-state index contributed by atoms with van der Waals surface area (Å²) in [7, 11) is 1.50. The summed E-state index contributed by atoms with van der Waals surface area (Å²) in [4.78, 5) is 50.3. The van der Waals surface area contributed by atoms with Crippen molar-refractivity contribution in [1.82, 2.24) is 10.2 Å². The van der Waals surface area contributed by atoms with Crippen LogP contribution in [0.25, 0.3) is 0 Å². The number of likely N-dealkylation sites (N-methyl/N-ethyl adjacent to an activating group) is 1. The summed E-state index contributed by atoms with van der Waals surface area (Å²) in [5, 5.41) is 9.82. The molecule has 34 heavy (non-hydrogen) atoms. The van der Waals surface area contributed by atoms with Gasteiger partial charge in [-0.1, -0.05) is 12.5 Å². The fraction of sp³-hybridized carbons (Fsp3) is 0.476. The van der Waals surface area contributed by atoms with Gasteiger partial charge >= 0.3 is 18.1 Å². The molecule has 1 heterocycles. The van der Waals surface area contributed by atoms with Crippen LogP contribution in [0.15, 0.2) is 18.2 Å². The van der Waals surface area contributed by atoms with E-state index in [1.807, 2.05) is 0 Å². The molecule has 10 nitrogen and oxygen atoms in total. The van der Waals surface area contributed by atoms with Gasteiger partial charge in [0.1, 0.15) is 6.54 Å². The van der Waals surface area contributed by atoms with Crippen LogP contribution >= 0.6 is 0 Å². The zero-order valence-electron chi connectivity index (χ0n) is 18.5. The predicted molar refractivity (Wildman–Crippen MR) is 115 cm³/mol. The zero-order valence-corrected chi connectivity index (χ0v) is 18.5. The lowest BCUT2D eigenvalue weighted by atomic mass is 10.0. The van der Waals surface area contributed by atoms with E-state index in [1.54, 1.807) is 18.2 Å². The highest BCUT2D eigenvalue weighted by Crippen LogP contribution is 2.27. The third-order valence-corrected chi connectivity index (χ3v) is 5.12. The highest BCUT2D eigenvalue weighted by atomic mass is 19.4. The summed E-state index contributed by atoms with van der Waals surface area (Å²) in [5.74, 6) is -5.18. The lowest BCUT2D eigenvalue weighted by Gasteiger charge is -2.19. The number of nitrogens with one attached hydrogen (secondary N) is 2. The van der Waals surface area contributed by atoms with Gasteiger partial charge in [-0.2, -0.15) is 13.2 Å². The molecule has 0 radical (unpaired) electrons. The minimum absolute atomic E-state index is 0.0901. The first-order valence-electron chi connectivity index (χ1n) is 10.5. The molecule has 0 bridgehead atoms. The number of amides is 2. The van der Waals surface area contributed by atoms with Gasteiger partial charge < -0.3 is 25.6 Å². The number of hydrogen-bond acceptors (Lipinski definition) is 6. The predicted octanol–water partition coefficient (Wildman–Crippen LogP) is 1.32. The van der Waals surface area contributed by atoms with Gasteiger partial charge in [-0.15, -0.1) is 0 Å². The van der Waals surface area contributed by atoms with E-state index in [2.05, 4.69) is 10.1 Å². The number of hydrogen-bond donors (Lipinski definition) is 3. The number of fused-ring (bicyclic) bond motifs is 1. The van der Waals surface area contributed by atoms with E-state index in [0.717, 1.165) is 29.7 Å². The second-order valence-corrected chi connectivity index (χ2v) is 7.69. The Labute approximate surface area is 193 Å². The summed E-state index contributed by atoms with van der Waals surface area (Å²) in [6.07, 6.45) is -2.87. The number of benzene rings is 1. The smallest absolute Gasteiger partial charge is 0.386 e. The molecule has 0 fully saturated rings. The number of rotatable bonds is 9. The van der Waals surface area contributed by atoms with Crippen molar-refractivity contribution >= 4 is 35.4 Å². The van der Waals surface area contributed by atoms with Crippen LogP contribution in [0.3, 0.4) is 0 Å². The van der Waals surface area contributed by atoms with Gasteiger partial charge in [-0.3, -0.25) is 19.8 Å². The average Bonchev–Trinajstić information content (AvgIpc) is 2.84. The number of carbonyl (C=O) groups is 4. The van der Waals surface area contributed by atoms with Crippen LogP contribution in [-0.2, 0) is 25.5 Å². The molecule has 13 heteroatoms. The third-order valence-electron chi connectivity index (χ3n) is 5.12. The molecule has 186 valence electrons. The van der Waals surface area contributed by atoms with Crippen LogP contribution in [0, 0.1) is 5.41 Å². The lowest BCUT2D eigenvalue weighted by molar-refractivity contribution is -0.201. The van der Waals surface area contributed by atoms with E-state index in [-0.39, 0.29) is 18.1 Å². The maximum absolute atomic E-state index is 13.1. The van der Waals surface area contributed by atoms with E-state index < -0.39 is 42.9 Å². The van der Waals surface area contributed by atoms with Gasteiger partial charge in [-0.05, 0) is 37.0 Å². The van der Waals surface area contributed by atoms with Crippen LogP contribution in [0.5, 0.6) is 0 Å². The maximum atomic E-state index is 13.1. The quantitative estimate of drug-likeness (QED) is 0.157. The first-order valence-corrected chi connectivity index (χ1v) is 10.5. The standard InChI is InChI=1S/C21H26F3N5O5/c1-28-15-7-6-13(5-3-2-4-9-27-20(25)26)11-14(15)18(32)29(12-16(28)30)10-8-17(31)34-19(33)21(22,23)24/h6-7,11H,2-5,8-10,12H2,1H3,(H4,25,26,27). The molecule has 0 aliphatic carbocycles. The van der Waals surface area contributed by atoms with Crippen molar-refractivity contribution in [3.8, 4) is 0 Å². The van der Waals surface area contributed by atoms with Gasteiger partial charge in [0.05, 0.1) is 17.7 Å². The number of nitrogens with zero attached hydrogens (tertiary/aromatic N) is 2. The first kappa shape index (κ1) is 26.6. The van der Waals surface area contributed by atoms with Crippen LogP contribution < -0.4 is 16.0 Å². The first-order chi connectivity index (χ1) is 15.9. The Kier molecular flexibility index (Phi) is 8.98. The van der Waals surface area contributed by atoms with Gasteiger partial charge in [0.15, 0.2) is 5.96 Å². The minimum atomic E-state index is -5.31. The third kappa shape index (κ3) is 7.46. The van der Waals surface area contributed by atoms with Crippen LogP contribution in [0.4, 0.5) is 18.9 Å². The van der Waals surface area contributed by atoms with E-state index in [9.17, 15) is 32.3 Å². The molecule has 0 aromatic heterocycles. The fourth-order valence-corrected chi connectivity index (χ4v) is 3.32. The molecule has 0 saturated heterocycles. The minimum Gasteiger partial charge on any atom is -0.386 e. The van der Waals surface area contributed by atoms with Crippen molar-refractivity contribution in [1.29, 1.82) is 5.41 Å². The normalized spacial score (nSPS) is 13.9. The molecule has 1 aromatic carbocycles. The largest absolute Gasteiger partial charge is 0.491 e. The van der Waals surface area contributed by atoms with Crippen molar-refractivity contribution in [2.45, 2.75) is 38.3 Å². The van der Waals surface area contributed by atoms with Crippen molar-refractivity contribution < 1.29 is 37.1 Å². The molecule has 2 amide bonds. The number of carbonyl (C=O) groups excluding carboxylic acids is 4. The topological polar surface area (TPSA) is 146 Å². The number of halogens is 3. The second kappa shape index (κ2) is 11.5. The van der Waals surface area contributed by atoms with Gasteiger partial charge in [-0.25, -0.2) is 4.79 Å². The number of aryl methyl sites for hydroxylation is 1. The average molecular weight is 485 g/mol. The summed E-state index contributed by atoms with van der Waals surface area (Å²) in [6.45, 7) is -0.199. The molecule has 4 N–H and O–H groups in total. The number of ether oxygens (including phenoxy) is 1. The van der Waals surface area contributed by atoms with Crippen molar-refractivity contribution in [3.63, 3.8) is 0 Å². The highest BCUT2D eigenvalue weighted by molar-refractivity contribution is 6.09. The van der Waals surface area contributed by atoms with Gasteiger partial charge in [0.25, 0.3) is 5.91 Å². The molecule has 0 unspecified atom stereocenters. The zero-order chi connectivity index (χ0) is 25.5. The Morgan fingerprint density at radius 1 is 1.21 bits per heavy atom. The van der Waals surface area contributed by atoms with E-state index in [4.69, 9.17) is 11.1 Å². The number of unbranched alkanes of at least 4 members (excludes halogenated alkanes) is 2. The fourth-order valence-electron chi connectivity index (χ4n) is 3.32. The molecule has 1 aliphatic heterocycles. The molecule has 0 spiro atoms. The van der Waals surface area contributed by atoms with Gasteiger partial charge in [0, 0.05) is 20.1 Å². The molecule has 2 rings (SSSR count). The molecule has 0 atom stereocenters. The summed E-state index contributed by atoms with van der Waals surface area (Å²) < 4.78 is 40.5. The molecule has 1 aliphatic rings. The van der Waals surface area contributed by atoms with Crippen molar-refractivity contribution in [2.24, 2.45) is 5.73 Å². The Morgan fingerprint density at radius 3 is 2.56 bits per heavy atom. The number of nitrogens with two attached hydrogens (primary N) is 1. The molecular weight excluding hydrogens is 459 g/mol. The van der Waals surface area contributed by atoms with E-state index in [0.29, 0.717) is 18.7 Å². The Hall–Kier alpha value is -3.64. The Balaban J connectivity index is 2.04. The molecule has 0 saturated carbocycles.